The van der Waals surface area contributed by atoms with Crippen LogP contribution in [0.4, 0.5) is 13.2 Å². The maximum absolute atomic E-state index is 13.9. The first kappa shape index (κ1) is 21.7. The van der Waals surface area contributed by atoms with Crippen molar-refractivity contribution < 1.29 is 33.0 Å². The second-order valence-electron chi connectivity index (χ2n) is 7.49. The molecule has 2 aromatic rings. The van der Waals surface area contributed by atoms with E-state index in [-0.39, 0.29) is 24.5 Å². The molecule has 3 N–H and O–H groups in total. The second kappa shape index (κ2) is 7.55. The van der Waals surface area contributed by atoms with Gasteiger partial charge in [0.2, 0.25) is 5.43 Å². The van der Waals surface area contributed by atoms with Crippen LogP contribution in [-0.2, 0) is 6.54 Å². The van der Waals surface area contributed by atoms with E-state index in [1.807, 2.05) is 0 Å². The van der Waals surface area contributed by atoms with E-state index in [0.717, 1.165) is 4.68 Å². The highest BCUT2D eigenvalue weighted by Gasteiger charge is 2.46. The van der Waals surface area contributed by atoms with Crippen molar-refractivity contribution in [3.8, 4) is 5.75 Å². The van der Waals surface area contributed by atoms with E-state index in [9.17, 15) is 37.8 Å². The second-order valence-corrected chi connectivity index (χ2v) is 7.49. The molecule has 9 nitrogen and oxygen atoms in total. The molecule has 2 aliphatic heterocycles. The molecular formula is C20H19F3N4O5. The highest BCUT2D eigenvalue weighted by molar-refractivity contribution is 6.01. The SMILES string of the molecule is CCN1C(=O)c2c(O)c(=O)c(C(=O)NCc3c(F)cc(F)cc3F)c3n2N(CC3O)C1C. The molecule has 1 aromatic heterocycles. The molecule has 0 saturated heterocycles. The molecule has 0 radical (unpaired) electrons. The largest absolute Gasteiger partial charge is 0.502 e. The van der Waals surface area contributed by atoms with Crippen molar-refractivity contribution >= 4 is 11.8 Å². The molecule has 170 valence electrons. The molecular weight excluding hydrogens is 433 g/mol. The Morgan fingerprint density at radius 3 is 2.44 bits per heavy atom. The molecule has 1 aromatic carbocycles. The Hall–Kier alpha value is -3.54. The maximum atomic E-state index is 13.9. The van der Waals surface area contributed by atoms with Gasteiger partial charge in [0.15, 0.2) is 11.4 Å². The summed E-state index contributed by atoms with van der Waals surface area (Å²) in [4.78, 5) is 39.9. The lowest BCUT2D eigenvalue weighted by Crippen LogP contribution is -2.59. The highest BCUT2D eigenvalue weighted by Crippen LogP contribution is 2.35. The number of amides is 2. The van der Waals surface area contributed by atoms with Crippen LogP contribution in [0.5, 0.6) is 5.75 Å². The number of carbonyl (C=O) groups excluding carboxylic acids is 2. The Morgan fingerprint density at radius 2 is 1.84 bits per heavy atom. The van der Waals surface area contributed by atoms with Crippen LogP contribution in [0.15, 0.2) is 16.9 Å². The molecule has 0 fully saturated rings. The van der Waals surface area contributed by atoms with Gasteiger partial charge in [-0.1, -0.05) is 0 Å². The topological polar surface area (TPSA) is 115 Å². The van der Waals surface area contributed by atoms with Gasteiger partial charge in [-0.05, 0) is 13.8 Å². The van der Waals surface area contributed by atoms with Crippen LogP contribution in [-0.4, -0.2) is 50.9 Å². The molecule has 0 bridgehead atoms. The first-order valence-electron chi connectivity index (χ1n) is 9.77. The van der Waals surface area contributed by atoms with Crippen molar-refractivity contribution in [3.05, 3.63) is 62.3 Å². The minimum atomic E-state index is -1.35. The molecule has 4 rings (SSSR count). The number of aromatic hydroxyl groups is 1. The van der Waals surface area contributed by atoms with Gasteiger partial charge in [-0.15, -0.1) is 0 Å². The summed E-state index contributed by atoms with van der Waals surface area (Å²) in [6, 6.07) is 0.885. The molecule has 0 spiro atoms. The summed E-state index contributed by atoms with van der Waals surface area (Å²) in [7, 11) is 0. The summed E-state index contributed by atoms with van der Waals surface area (Å²) < 4.78 is 42.0. The smallest absolute Gasteiger partial charge is 0.278 e. The number of aromatic nitrogens is 1. The fourth-order valence-corrected chi connectivity index (χ4v) is 4.19. The van der Waals surface area contributed by atoms with E-state index in [1.165, 1.54) is 9.91 Å². The minimum Gasteiger partial charge on any atom is -0.502 e. The van der Waals surface area contributed by atoms with E-state index >= 15 is 0 Å². The zero-order chi connectivity index (χ0) is 23.5. The quantitative estimate of drug-likeness (QED) is 0.630. The predicted molar refractivity (Wildman–Crippen MR) is 104 cm³/mol. The lowest BCUT2D eigenvalue weighted by Gasteiger charge is -2.42. The standard InChI is InChI=1S/C20H19F3N4O5/c1-3-25-8(2)26-7-13(28)15-14(17(29)18(30)16(20(25)32)27(15)26)19(31)24-6-10-11(22)4-9(21)5-12(10)23/h4-5,8,13,28,30H,3,6-7H2,1-2H3,(H,24,31). The summed E-state index contributed by atoms with van der Waals surface area (Å²) in [5.41, 5.74) is -3.09. The fourth-order valence-electron chi connectivity index (χ4n) is 4.19. The molecule has 2 amide bonds. The molecule has 12 heteroatoms. The Labute approximate surface area is 179 Å². The normalized spacial score (nSPS) is 19.4. The van der Waals surface area contributed by atoms with Gasteiger partial charge in [-0.2, -0.15) is 0 Å². The van der Waals surface area contributed by atoms with Crippen molar-refractivity contribution in [1.29, 1.82) is 0 Å². The number of aliphatic hydroxyl groups is 1. The van der Waals surface area contributed by atoms with Gasteiger partial charge in [0, 0.05) is 30.8 Å². The first-order valence-corrected chi connectivity index (χ1v) is 9.77. The van der Waals surface area contributed by atoms with Crippen LogP contribution in [0.2, 0.25) is 0 Å². The van der Waals surface area contributed by atoms with Crippen molar-refractivity contribution in [3.63, 3.8) is 0 Å². The number of rotatable bonds is 4. The van der Waals surface area contributed by atoms with Gasteiger partial charge in [0.05, 0.1) is 12.2 Å². The van der Waals surface area contributed by atoms with E-state index in [0.29, 0.717) is 12.1 Å². The third-order valence-electron chi connectivity index (χ3n) is 5.74. The number of nitrogens with zero attached hydrogens (tertiary/aromatic N) is 3. The zero-order valence-electron chi connectivity index (χ0n) is 17.0. The van der Waals surface area contributed by atoms with Crippen LogP contribution >= 0.6 is 0 Å². The maximum Gasteiger partial charge on any atom is 0.278 e. The monoisotopic (exact) mass is 452 g/mol. The van der Waals surface area contributed by atoms with Crippen LogP contribution < -0.4 is 15.8 Å². The van der Waals surface area contributed by atoms with E-state index in [2.05, 4.69) is 5.32 Å². The fraction of sp³-hybridized carbons (Fsp3) is 0.350. The number of halogens is 3. The van der Waals surface area contributed by atoms with Gasteiger partial charge in [0.25, 0.3) is 11.8 Å². The minimum absolute atomic E-state index is 0.0671. The van der Waals surface area contributed by atoms with Crippen molar-refractivity contribution in [2.45, 2.75) is 32.7 Å². The number of benzene rings is 1. The Balaban J connectivity index is 1.78. The number of hydrogen-bond acceptors (Lipinski definition) is 6. The number of aliphatic hydroxyl groups excluding tert-OH is 1. The summed E-state index contributed by atoms with van der Waals surface area (Å²) in [6.07, 6.45) is -1.90. The Bertz CT molecular complexity index is 1190. The lowest BCUT2D eigenvalue weighted by atomic mass is 10.1. The molecule has 3 heterocycles. The van der Waals surface area contributed by atoms with Crippen LogP contribution in [0, 0.1) is 17.5 Å². The van der Waals surface area contributed by atoms with E-state index in [1.54, 1.807) is 13.8 Å². The van der Waals surface area contributed by atoms with E-state index in [4.69, 9.17) is 0 Å². The third kappa shape index (κ3) is 3.01. The highest BCUT2D eigenvalue weighted by atomic mass is 19.1. The van der Waals surface area contributed by atoms with Gasteiger partial charge in [-0.25, -0.2) is 17.8 Å². The van der Waals surface area contributed by atoms with Crippen LogP contribution in [0.25, 0.3) is 0 Å². The summed E-state index contributed by atoms with van der Waals surface area (Å²) in [5.74, 6) is -6.36. The Kier molecular flexibility index (Phi) is 5.12. The number of nitrogens with one attached hydrogen (secondary N) is 1. The first-order chi connectivity index (χ1) is 15.1. The van der Waals surface area contributed by atoms with Crippen LogP contribution in [0.3, 0.4) is 0 Å². The molecule has 2 atom stereocenters. The van der Waals surface area contributed by atoms with E-state index < -0.39 is 70.4 Å². The summed E-state index contributed by atoms with van der Waals surface area (Å²) >= 11 is 0. The lowest BCUT2D eigenvalue weighted by molar-refractivity contribution is 0.0607. The molecule has 32 heavy (non-hydrogen) atoms. The molecule has 0 aliphatic carbocycles. The van der Waals surface area contributed by atoms with Gasteiger partial charge in [-0.3, -0.25) is 19.4 Å². The Morgan fingerprint density at radius 1 is 1.22 bits per heavy atom. The van der Waals surface area contributed by atoms with Crippen molar-refractivity contribution in [2.24, 2.45) is 0 Å². The summed E-state index contributed by atoms with van der Waals surface area (Å²) in [5, 5.41) is 24.7. The molecule has 0 saturated carbocycles. The number of carbonyl (C=O) groups is 2. The van der Waals surface area contributed by atoms with Gasteiger partial charge < -0.3 is 20.4 Å². The van der Waals surface area contributed by atoms with Gasteiger partial charge in [0.1, 0.15) is 35.3 Å². The number of pyridine rings is 1. The third-order valence-corrected chi connectivity index (χ3v) is 5.74. The average Bonchev–Trinajstić information content (AvgIpc) is 3.04. The zero-order valence-corrected chi connectivity index (χ0v) is 17.0. The molecule has 2 aliphatic rings. The molecule has 2 unspecified atom stereocenters. The summed E-state index contributed by atoms with van der Waals surface area (Å²) in [6.45, 7) is 2.87. The van der Waals surface area contributed by atoms with Crippen LogP contribution in [0.1, 0.15) is 52.1 Å². The van der Waals surface area contributed by atoms with Gasteiger partial charge >= 0.3 is 0 Å². The number of hydrogen-bond donors (Lipinski definition) is 3. The van der Waals surface area contributed by atoms with Crippen molar-refractivity contribution in [1.82, 2.24) is 14.9 Å². The predicted octanol–water partition coefficient (Wildman–Crippen LogP) is 0.708. The van der Waals surface area contributed by atoms with Crippen molar-refractivity contribution in [2.75, 3.05) is 18.1 Å². The average molecular weight is 452 g/mol.